The van der Waals surface area contributed by atoms with Gasteiger partial charge < -0.3 is 19.9 Å². The molecule has 2 aliphatic rings. The number of fused-ring (bicyclic) bond motifs is 1. The number of carbonyl (C=O) groups is 2. The van der Waals surface area contributed by atoms with Gasteiger partial charge >= 0.3 is 5.97 Å². The molecule has 0 aliphatic carbocycles. The van der Waals surface area contributed by atoms with Crippen LogP contribution in [0.2, 0.25) is 0 Å². The van der Waals surface area contributed by atoms with Gasteiger partial charge in [-0.2, -0.15) is 16.9 Å². The smallest absolute Gasteiger partial charge is 0.306 e. The van der Waals surface area contributed by atoms with Crippen LogP contribution in [0, 0.1) is 5.92 Å². The third kappa shape index (κ3) is 6.74. The molecule has 2 heterocycles. The van der Waals surface area contributed by atoms with Gasteiger partial charge in [-0.25, -0.2) is 0 Å². The Morgan fingerprint density at radius 1 is 1.21 bits per heavy atom. The third-order valence-electron chi connectivity index (χ3n) is 5.64. The first-order valence-corrected chi connectivity index (χ1v) is 12.6. The lowest BCUT2D eigenvalue weighted by Crippen LogP contribution is -2.27. The second-order valence-electron chi connectivity index (χ2n) is 8.24. The number of hydrazone groups is 1. The number of amides is 1. The quantitative estimate of drug-likeness (QED) is 0.440. The van der Waals surface area contributed by atoms with Crippen LogP contribution in [0.1, 0.15) is 27.9 Å². The summed E-state index contributed by atoms with van der Waals surface area (Å²) >= 11 is 1.95. The summed E-state index contributed by atoms with van der Waals surface area (Å²) in [5.74, 6) is 2.40. The molecule has 0 spiro atoms. The molecule has 9 heteroatoms. The van der Waals surface area contributed by atoms with Gasteiger partial charge in [0.1, 0.15) is 12.4 Å². The van der Waals surface area contributed by atoms with Gasteiger partial charge in [-0.3, -0.25) is 14.6 Å². The average Bonchev–Trinajstić information content (AvgIpc) is 2.87. The van der Waals surface area contributed by atoms with Crippen molar-refractivity contribution in [3.8, 4) is 5.75 Å². The Hall–Kier alpha value is -3.04. The van der Waals surface area contributed by atoms with Gasteiger partial charge in [-0.1, -0.05) is 12.1 Å². The van der Waals surface area contributed by atoms with E-state index < -0.39 is 0 Å². The van der Waals surface area contributed by atoms with E-state index in [0.29, 0.717) is 24.3 Å². The molecule has 8 nitrogen and oxygen atoms in total. The lowest BCUT2D eigenvalue weighted by Gasteiger charge is -2.25. The van der Waals surface area contributed by atoms with E-state index in [9.17, 15) is 9.59 Å². The van der Waals surface area contributed by atoms with E-state index in [0.717, 1.165) is 41.5 Å². The van der Waals surface area contributed by atoms with Crippen LogP contribution < -0.4 is 10.1 Å². The van der Waals surface area contributed by atoms with Gasteiger partial charge in [-0.15, -0.1) is 0 Å². The molecule has 0 aromatic heterocycles. The van der Waals surface area contributed by atoms with Crippen LogP contribution in [0.25, 0.3) is 0 Å². The first-order chi connectivity index (χ1) is 16.6. The van der Waals surface area contributed by atoms with E-state index in [1.807, 2.05) is 48.3 Å². The molecule has 4 rings (SSSR count). The highest BCUT2D eigenvalue weighted by Crippen LogP contribution is 2.31. The van der Waals surface area contributed by atoms with Gasteiger partial charge in [0, 0.05) is 41.8 Å². The monoisotopic (exact) mass is 483 g/mol. The van der Waals surface area contributed by atoms with Crippen molar-refractivity contribution in [3.05, 3.63) is 59.2 Å². The fourth-order valence-electron chi connectivity index (χ4n) is 3.86. The zero-order valence-corrected chi connectivity index (χ0v) is 19.8. The maximum atomic E-state index is 12.7. The molecule has 1 unspecified atom stereocenters. The van der Waals surface area contributed by atoms with E-state index in [2.05, 4.69) is 15.4 Å². The van der Waals surface area contributed by atoms with Crippen LogP contribution in [-0.4, -0.2) is 72.6 Å². The summed E-state index contributed by atoms with van der Waals surface area (Å²) in [6.45, 7) is 2.17. The Labute approximate surface area is 203 Å². The van der Waals surface area contributed by atoms with E-state index in [1.54, 1.807) is 12.1 Å². The minimum atomic E-state index is -0.348. The van der Waals surface area contributed by atoms with E-state index in [1.165, 1.54) is 0 Å². The summed E-state index contributed by atoms with van der Waals surface area (Å²) in [5.41, 5.74) is 3.12. The van der Waals surface area contributed by atoms with Crippen LogP contribution in [0.4, 0.5) is 5.69 Å². The average molecular weight is 484 g/mol. The molecule has 2 aromatic rings. The number of nitrogens with zero attached hydrogens (tertiary/aromatic N) is 2. The van der Waals surface area contributed by atoms with E-state index in [4.69, 9.17) is 14.6 Å². The van der Waals surface area contributed by atoms with Crippen molar-refractivity contribution in [2.24, 2.45) is 11.0 Å². The molecule has 2 N–H and O–H groups in total. The first-order valence-electron chi connectivity index (χ1n) is 11.4. The highest BCUT2D eigenvalue weighted by molar-refractivity contribution is 7.99. The lowest BCUT2D eigenvalue weighted by atomic mass is 9.93. The largest absolute Gasteiger partial charge is 0.493 e. The van der Waals surface area contributed by atoms with Crippen molar-refractivity contribution < 1.29 is 24.2 Å². The molecule has 180 valence electrons. The van der Waals surface area contributed by atoms with Gasteiger partial charge in [-0.05, 0) is 47.9 Å². The van der Waals surface area contributed by atoms with Gasteiger partial charge in [0.2, 0.25) is 0 Å². The zero-order valence-electron chi connectivity index (χ0n) is 18.9. The van der Waals surface area contributed by atoms with Crippen molar-refractivity contribution in [3.63, 3.8) is 0 Å². The SMILES string of the molecule is O=C(CC1COc2ccc(NC(=O)c3ccc(C=NN4CCSCC4)cc3)cc2C1)OCCO. The summed E-state index contributed by atoms with van der Waals surface area (Å²) in [6.07, 6.45) is 2.70. The van der Waals surface area contributed by atoms with Crippen molar-refractivity contribution in [1.29, 1.82) is 0 Å². The molecule has 2 aliphatic heterocycles. The van der Waals surface area contributed by atoms with Crippen molar-refractivity contribution in [2.75, 3.05) is 49.7 Å². The highest BCUT2D eigenvalue weighted by atomic mass is 32.2. The lowest BCUT2D eigenvalue weighted by molar-refractivity contribution is -0.146. The topological polar surface area (TPSA) is 100 Å². The van der Waals surface area contributed by atoms with Crippen LogP contribution in [0.5, 0.6) is 5.75 Å². The fourth-order valence-corrected chi connectivity index (χ4v) is 4.75. The number of nitrogens with one attached hydrogen (secondary N) is 1. The first kappa shape index (κ1) is 24.1. The van der Waals surface area contributed by atoms with E-state index >= 15 is 0 Å². The molecular formula is C25H29N3O5S. The van der Waals surface area contributed by atoms with Crippen molar-refractivity contribution in [1.82, 2.24) is 5.01 Å². The number of hydrogen-bond donors (Lipinski definition) is 2. The number of ether oxygens (including phenoxy) is 2. The number of benzene rings is 2. The summed E-state index contributed by atoms with van der Waals surface area (Å²) < 4.78 is 10.7. The fraction of sp³-hybridized carbons (Fsp3) is 0.400. The van der Waals surface area contributed by atoms with Gasteiger partial charge in [0.15, 0.2) is 0 Å². The number of hydrogen-bond acceptors (Lipinski definition) is 8. The maximum Gasteiger partial charge on any atom is 0.306 e. The molecule has 0 bridgehead atoms. The number of aliphatic hydroxyl groups excluding tert-OH is 1. The number of esters is 1. The van der Waals surface area contributed by atoms with Crippen LogP contribution >= 0.6 is 11.8 Å². The summed E-state index contributed by atoms with van der Waals surface area (Å²) in [5, 5.41) is 18.3. The normalized spacial score (nSPS) is 17.7. The van der Waals surface area contributed by atoms with Crippen molar-refractivity contribution >= 4 is 35.5 Å². The van der Waals surface area contributed by atoms with E-state index in [-0.39, 0.29) is 37.4 Å². The number of carbonyl (C=O) groups excluding carboxylic acids is 2. The van der Waals surface area contributed by atoms with Crippen LogP contribution in [0.3, 0.4) is 0 Å². The number of rotatable bonds is 8. The number of aliphatic hydroxyl groups is 1. The molecule has 34 heavy (non-hydrogen) atoms. The molecule has 0 radical (unpaired) electrons. The summed E-state index contributed by atoms with van der Waals surface area (Å²) in [6, 6.07) is 12.9. The molecule has 1 atom stereocenters. The van der Waals surface area contributed by atoms with Crippen molar-refractivity contribution in [2.45, 2.75) is 12.8 Å². The number of thioether (sulfide) groups is 1. The third-order valence-corrected chi connectivity index (χ3v) is 6.58. The van der Waals surface area contributed by atoms with Gasteiger partial charge in [0.05, 0.1) is 25.8 Å². The second kappa shape index (κ2) is 11.9. The molecule has 1 amide bonds. The maximum absolute atomic E-state index is 12.7. The minimum Gasteiger partial charge on any atom is -0.493 e. The molecule has 1 fully saturated rings. The highest BCUT2D eigenvalue weighted by Gasteiger charge is 2.23. The summed E-state index contributed by atoms with van der Waals surface area (Å²) in [7, 11) is 0. The Balaban J connectivity index is 1.33. The Morgan fingerprint density at radius 2 is 2.00 bits per heavy atom. The Morgan fingerprint density at radius 3 is 2.76 bits per heavy atom. The molecule has 1 saturated heterocycles. The van der Waals surface area contributed by atoms with Crippen LogP contribution in [-0.2, 0) is 16.0 Å². The van der Waals surface area contributed by atoms with Gasteiger partial charge in [0.25, 0.3) is 5.91 Å². The molecule has 0 saturated carbocycles. The summed E-state index contributed by atoms with van der Waals surface area (Å²) in [4.78, 5) is 24.6. The van der Waals surface area contributed by atoms with Crippen LogP contribution in [0.15, 0.2) is 47.6 Å². The standard InChI is InChI=1S/C25H29N3O5S/c29-9-10-32-24(30)14-19-13-21-15-22(5-6-23(21)33-17-19)27-25(31)20-3-1-18(2-4-20)16-26-28-7-11-34-12-8-28/h1-6,15-16,19,29H,7-14,17H2,(H,27,31). The zero-order chi connectivity index (χ0) is 23.8. The predicted octanol–water partition coefficient (Wildman–Crippen LogP) is 2.80. The Bertz CT molecular complexity index is 1020. The molecule has 2 aromatic carbocycles. The second-order valence-corrected chi connectivity index (χ2v) is 9.46. The molecular weight excluding hydrogens is 454 g/mol. The predicted molar refractivity (Wildman–Crippen MR) is 133 cm³/mol. The minimum absolute atomic E-state index is 0.00460. The number of anilines is 1. The Kier molecular flexibility index (Phi) is 8.43.